The minimum absolute atomic E-state index is 0.0132. The largest absolute Gasteiger partial charge is 0.496 e. The van der Waals surface area contributed by atoms with Crippen LogP contribution in [0, 0.1) is 36.5 Å². The average Bonchev–Trinajstić information content (AvgIpc) is 3.90. The van der Waals surface area contributed by atoms with Crippen LogP contribution in [0.3, 0.4) is 0 Å². The second-order valence-electron chi connectivity index (χ2n) is 16.9. The number of nitrogens with zero attached hydrogens (tertiary/aromatic N) is 5. The van der Waals surface area contributed by atoms with E-state index in [4.69, 9.17) is 9.47 Å². The van der Waals surface area contributed by atoms with Crippen molar-refractivity contribution in [3.63, 3.8) is 0 Å². The zero-order chi connectivity index (χ0) is 38.4. The Balaban J connectivity index is 1.20. The standard InChI is InChI=1S/C44H57N5O4/c1-28(2)40-35-19-31(11-12-32(35)13-16-49(40)42(51)34(23-45)22-43(5,6)7)24-48-18-17-47(27-44(48)14-15-44)26-37-38(52-9)20-33(21-39(37)53-10)36-25-46(8)41(50)30(4)29(36)3/h11-12,19-22,25,28,40H,13-18,24,26-27H2,1-10H3. The average molecular weight is 720 g/mol. The van der Waals surface area contributed by atoms with Gasteiger partial charge in [0.1, 0.15) is 23.1 Å². The Kier molecular flexibility index (Phi) is 10.7. The third-order valence-electron chi connectivity index (χ3n) is 11.6. The van der Waals surface area contributed by atoms with E-state index in [2.05, 4.69) is 60.0 Å². The van der Waals surface area contributed by atoms with Crippen molar-refractivity contribution in [3.8, 4) is 28.7 Å². The van der Waals surface area contributed by atoms with Crippen LogP contribution < -0.4 is 15.0 Å². The summed E-state index contributed by atoms with van der Waals surface area (Å²) >= 11 is 0. The molecule has 3 heterocycles. The first-order valence-corrected chi connectivity index (χ1v) is 19.0. The van der Waals surface area contributed by atoms with E-state index in [0.29, 0.717) is 6.54 Å². The van der Waals surface area contributed by atoms with Crippen LogP contribution in [0.2, 0.25) is 0 Å². The molecule has 2 fully saturated rings. The van der Waals surface area contributed by atoms with Crippen LogP contribution in [-0.2, 0) is 31.4 Å². The predicted molar refractivity (Wildman–Crippen MR) is 210 cm³/mol. The first-order valence-electron chi connectivity index (χ1n) is 19.0. The Hall–Kier alpha value is -4.39. The maximum absolute atomic E-state index is 13.8. The number of rotatable bonds is 9. The fourth-order valence-corrected chi connectivity index (χ4v) is 8.57. The summed E-state index contributed by atoms with van der Waals surface area (Å²) < 4.78 is 13.6. The number of ether oxygens (including phenoxy) is 2. The Morgan fingerprint density at radius 3 is 2.28 bits per heavy atom. The lowest BCUT2D eigenvalue weighted by Gasteiger charge is -2.43. The molecule has 1 amide bonds. The smallest absolute Gasteiger partial charge is 0.264 e. The lowest BCUT2D eigenvalue weighted by molar-refractivity contribution is -0.130. The number of pyridine rings is 1. The van der Waals surface area contributed by atoms with Crippen LogP contribution in [0.5, 0.6) is 11.5 Å². The van der Waals surface area contributed by atoms with Gasteiger partial charge in [-0.2, -0.15) is 5.26 Å². The Morgan fingerprint density at radius 1 is 1.02 bits per heavy atom. The van der Waals surface area contributed by atoms with Crippen molar-refractivity contribution in [2.75, 3.05) is 40.4 Å². The molecule has 1 saturated carbocycles. The van der Waals surface area contributed by atoms with Gasteiger partial charge in [-0.3, -0.25) is 19.4 Å². The number of nitriles is 1. The molecule has 1 aliphatic carbocycles. The highest BCUT2D eigenvalue weighted by atomic mass is 16.5. The molecule has 282 valence electrons. The molecule has 6 rings (SSSR count). The number of carbonyl (C=O) groups excluding carboxylic acids is 1. The van der Waals surface area contributed by atoms with E-state index in [9.17, 15) is 14.9 Å². The second-order valence-corrected chi connectivity index (χ2v) is 16.9. The van der Waals surface area contributed by atoms with Crippen molar-refractivity contribution in [2.24, 2.45) is 18.4 Å². The maximum atomic E-state index is 13.8. The van der Waals surface area contributed by atoms with Gasteiger partial charge in [0.2, 0.25) is 0 Å². The van der Waals surface area contributed by atoms with Gasteiger partial charge in [-0.15, -0.1) is 0 Å². The third kappa shape index (κ3) is 7.67. The van der Waals surface area contributed by atoms with Crippen molar-refractivity contribution in [3.05, 3.63) is 91.9 Å². The molecule has 1 aromatic heterocycles. The molecule has 0 radical (unpaired) electrons. The number of piperazine rings is 1. The lowest BCUT2D eigenvalue weighted by Crippen LogP contribution is -2.54. The van der Waals surface area contributed by atoms with E-state index >= 15 is 0 Å². The Morgan fingerprint density at radius 2 is 1.70 bits per heavy atom. The summed E-state index contributed by atoms with van der Waals surface area (Å²) in [5.41, 5.74) is 8.61. The molecule has 2 aliphatic heterocycles. The van der Waals surface area contributed by atoms with Crippen LogP contribution in [-0.4, -0.2) is 71.1 Å². The van der Waals surface area contributed by atoms with Gasteiger partial charge < -0.3 is 18.9 Å². The molecular formula is C44H57N5O4. The van der Waals surface area contributed by atoms with E-state index in [-0.39, 0.29) is 40.0 Å². The number of methoxy groups -OCH3 is 2. The number of hydrogen-bond acceptors (Lipinski definition) is 7. The molecule has 0 bridgehead atoms. The molecule has 9 heteroatoms. The van der Waals surface area contributed by atoms with Crippen molar-refractivity contribution in [1.29, 1.82) is 5.26 Å². The summed E-state index contributed by atoms with van der Waals surface area (Å²) in [5.74, 6) is 1.62. The van der Waals surface area contributed by atoms with Crippen molar-refractivity contribution < 1.29 is 14.3 Å². The normalized spacial score (nSPS) is 18.9. The molecule has 9 nitrogen and oxygen atoms in total. The Bertz CT molecular complexity index is 2000. The van der Waals surface area contributed by atoms with Gasteiger partial charge in [0, 0.05) is 69.2 Å². The third-order valence-corrected chi connectivity index (χ3v) is 11.6. The molecule has 1 saturated heterocycles. The van der Waals surface area contributed by atoms with Crippen LogP contribution >= 0.6 is 0 Å². The molecular weight excluding hydrogens is 663 g/mol. The van der Waals surface area contributed by atoms with Gasteiger partial charge in [-0.05, 0) is 84.4 Å². The summed E-state index contributed by atoms with van der Waals surface area (Å²) in [6.07, 6.45) is 6.83. The van der Waals surface area contributed by atoms with Crippen LogP contribution in [0.1, 0.15) is 86.9 Å². The molecule has 3 aliphatic rings. The summed E-state index contributed by atoms with van der Waals surface area (Å²) in [6.45, 7) is 19.3. The van der Waals surface area contributed by atoms with Gasteiger partial charge in [0.05, 0.1) is 25.8 Å². The van der Waals surface area contributed by atoms with E-state index in [1.807, 2.05) is 51.8 Å². The zero-order valence-corrected chi connectivity index (χ0v) is 33.4. The van der Waals surface area contributed by atoms with Crippen molar-refractivity contribution in [2.45, 2.75) is 92.4 Å². The number of aryl methyl sites for hydroxylation is 1. The number of amides is 1. The summed E-state index contributed by atoms with van der Waals surface area (Å²) in [6, 6.07) is 13.2. The Labute approximate surface area is 315 Å². The van der Waals surface area contributed by atoms with Gasteiger partial charge in [0.25, 0.3) is 11.5 Å². The number of hydrogen-bond donors (Lipinski definition) is 0. The van der Waals surface area contributed by atoms with Gasteiger partial charge in [-0.25, -0.2) is 0 Å². The fraction of sp³-hybridized carbons (Fsp3) is 0.523. The number of aromatic nitrogens is 1. The fourth-order valence-electron chi connectivity index (χ4n) is 8.57. The molecule has 1 spiro atoms. The van der Waals surface area contributed by atoms with Gasteiger partial charge in [-0.1, -0.05) is 58.9 Å². The molecule has 0 N–H and O–H groups in total. The molecule has 53 heavy (non-hydrogen) atoms. The summed E-state index contributed by atoms with van der Waals surface area (Å²) in [5, 5.41) is 9.94. The predicted octanol–water partition coefficient (Wildman–Crippen LogP) is 7.11. The van der Waals surface area contributed by atoms with Gasteiger partial charge in [0.15, 0.2) is 0 Å². The first kappa shape index (κ1) is 38.3. The van der Waals surface area contributed by atoms with Gasteiger partial charge >= 0.3 is 0 Å². The molecule has 1 atom stereocenters. The molecule has 3 aromatic rings. The lowest BCUT2D eigenvalue weighted by atomic mass is 9.84. The zero-order valence-electron chi connectivity index (χ0n) is 33.4. The van der Waals surface area contributed by atoms with E-state index in [1.165, 1.54) is 29.5 Å². The number of fused-ring (bicyclic) bond motifs is 1. The van der Waals surface area contributed by atoms with Crippen molar-refractivity contribution >= 4 is 5.91 Å². The number of carbonyl (C=O) groups is 1. The van der Waals surface area contributed by atoms with E-state index in [0.717, 1.165) is 78.5 Å². The summed E-state index contributed by atoms with van der Waals surface area (Å²) in [7, 11) is 5.21. The highest BCUT2D eigenvalue weighted by molar-refractivity contribution is 5.97. The second kappa shape index (κ2) is 14.8. The topological polar surface area (TPSA) is 91.0 Å². The minimum Gasteiger partial charge on any atom is -0.496 e. The molecule has 1 unspecified atom stereocenters. The molecule has 2 aromatic carbocycles. The summed E-state index contributed by atoms with van der Waals surface area (Å²) in [4.78, 5) is 33.5. The highest BCUT2D eigenvalue weighted by Crippen LogP contribution is 2.47. The number of benzene rings is 2. The number of allylic oxidation sites excluding steroid dienone is 1. The van der Waals surface area contributed by atoms with Crippen LogP contribution in [0.25, 0.3) is 11.1 Å². The SMILES string of the molecule is COc1cc(-c2cn(C)c(=O)c(C)c2C)cc(OC)c1CN1CCN(Cc2ccc3c(c2)C(C(C)C)N(C(=O)C(C#N)=CC(C)(C)C)CC3)C2(CC2)C1. The minimum atomic E-state index is -0.259. The van der Waals surface area contributed by atoms with Crippen LogP contribution in [0.15, 0.2) is 53.0 Å². The van der Waals surface area contributed by atoms with E-state index < -0.39 is 0 Å². The van der Waals surface area contributed by atoms with Crippen molar-refractivity contribution in [1.82, 2.24) is 19.3 Å². The highest BCUT2D eigenvalue weighted by Gasteiger charge is 2.51. The quantitative estimate of drug-likeness (QED) is 0.172. The van der Waals surface area contributed by atoms with Crippen LogP contribution in [0.4, 0.5) is 0 Å². The maximum Gasteiger partial charge on any atom is 0.264 e. The van der Waals surface area contributed by atoms with E-state index in [1.54, 1.807) is 25.8 Å². The first-order chi connectivity index (χ1) is 25.1. The monoisotopic (exact) mass is 719 g/mol.